The number of non-ortho nitro benzene ring substituents is 1. The Hall–Kier alpha value is -3.16. The number of amides is 1. The highest BCUT2D eigenvalue weighted by Gasteiger charge is 2.10. The minimum absolute atomic E-state index is 0.0765. The third-order valence-electron chi connectivity index (χ3n) is 2.88. The Morgan fingerprint density at radius 2 is 1.96 bits per heavy atom. The van der Waals surface area contributed by atoms with Crippen LogP contribution in [0, 0.1) is 10.1 Å². The van der Waals surface area contributed by atoms with Gasteiger partial charge in [0, 0.05) is 24.2 Å². The minimum Gasteiger partial charge on any atom is -0.469 e. The van der Waals surface area contributed by atoms with E-state index in [9.17, 15) is 19.7 Å². The van der Waals surface area contributed by atoms with Crippen molar-refractivity contribution in [3.05, 3.63) is 58.5 Å². The Kier molecular flexibility index (Phi) is 5.45. The molecule has 23 heavy (non-hydrogen) atoms. The molecule has 8 heteroatoms. The zero-order chi connectivity index (χ0) is 16.7. The van der Waals surface area contributed by atoms with E-state index < -0.39 is 23.4 Å². The lowest BCUT2D eigenvalue weighted by molar-refractivity contribution is -0.384. The highest BCUT2D eigenvalue weighted by Crippen LogP contribution is 2.15. The summed E-state index contributed by atoms with van der Waals surface area (Å²) >= 11 is 0. The first-order valence-electron chi connectivity index (χ1n) is 6.77. The highest BCUT2D eigenvalue weighted by atomic mass is 16.6. The summed E-state index contributed by atoms with van der Waals surface area (Å²) in [6.07, 6.45) is 2.02. The molecule has 2 aromatic rings. The number of hydrogen-bond donors (Lipinski definition) is 1. The SMILES string of the molecule is O=C(COC(=O)CCc1ccco1)Nc1ccc([N+](=O)[O-])cc1. The smallest absolute Gasteiger partial charge is 0.306 e. The maximum absolute atomic E-state index is 11.6. The number of nitrogens with zero attached hydrogens (tertiary/aromatic N) is 1. The normalized spacial score (nSPS) is 10.1. The van der Waals surface area contributed by atoms with Crippen molar-refractivity contribution in [1.82, 2.24) is 0 Å². The zero-order valence-electron chi connectivity index (χ0n) is 12.1. The number of rotatable bonds is 7. The lowest BCUT2D eigenvalue weighted by Crippen LogP contribution is -2.21. The Balaban J connectivity index is 1.71. The molecule has 0 aliphatic carbocycles. The van der Waals surface area contributed by atoms with Gasteiger partial charge in [0.05, 0.1) is 17.6 Å². The summed E-state index contributed by atoms with van der Waals surface area (Å²) in [5.41, 5.74) is 0.305. The Labute approximate surface area is 131 Å². The molecule has 1 heterocycles. The molecule has 0 saturated carbocycles. The first-order chi connectivity index (χ1) is 11.0. The molecule has 0 radical (unpaired) electrons. The molecule has 1 aromatic carbocycles. The van der Waals surface area contributed by atoms with E-state index in [1.807, 2.05) is 0 Å². The first kappa shape index (κ1) is 16.2. The van der Waals surface area contributed by atoms with Gasteiger partial charge in [-0.1, -0.05) is 0 Å². The summed E-state index contributed by atoms with van der Waals surface area (Å²) in [5.74, 6) is -0.372. The highest BCUT2D eigenvalue weighted by molar-refractivity contribution is 5.92. The van der Waals surface area contributed by atoms with E-state index in [1.165, 1.54) is 30.5 Å². The first-order valence-corrected chi connectivity index (χ1v) is 6.77. The van der Waals surface area contributed by atoms with Crippen molar-refractivity contribution in [2.75, 3.05) is 11.9 Å². The fourth-order valence-corrected chi connectivity index (χ4v) is 1.76. The average molecular weight is 318 g/mol. The number of ether oxygens (including phenoxy) is 1. The topological polar surface area (TPSA) is 112 Å². The maximum Gasteiger partial charge on any atom is 0.306 e. The second-order valence-corrected chi connectivity index (χ2v) is 4.59. The Bertz CT molecular complexity index is 679. The van der Waals surface area contributed by atoms with Gasteiger partial charge in [0.25, 0.3) is 11.6 Å². The molecule has 8 nitrogen and oxygen atoms in total. The molecule has 0 aliphatic rings. The van der Waals surface area contributed by atoms with Crippen LogP contribution in [0.2, 0.25) is 0 Å². The predicted molar refractivity (Wildman–Crippen MR) is 79.7 cm³/mol. The third-order valence-corrected chi connectivity index (χ3v) is 2.88. The number of hydrogen-bond acceptors (Lipinski definition) is 6. The molecule has 0 bridgehead atoms. The van der Waals surface area contributed by atoms with E-state index in [4.69, 9.17) is 9.15 Å². The number of esters is 1. The summed E-state index contributed by atoms with van der Waals surface area (Å²) in [6.45, 7) is -0.423. The van der Waals surface area contributed by atoms with Crippen LogP contribution in [0.4, 0.5) is 11.4 Å². The molecular weight excluding hydrogens is 304 g/mol. The molecule has 0 atom stereocenters. The van der Waals surface area contributed by atoms with E-state index in [1.54, 1.807) is 12.1 Å². The number of anilines is 1. The van der Waals surface area contributed by atoms with Crippen molar-refractivity contribution < 1.29 is 23.7 Å². The molecule has 1 aromatic heterocycles. The molecule has 1 amide bonds. The second kappa shape index (κ2) is 7.74. The number of carbonyl (C=O) groups excluding carboxylic acids is 2. The molecule has 120 valence electrons. The van der Waals surface area contributed by atoms with E-state index in [0.717, 1.165) is 0 Å². The summed E-state index contributed by atoms with van der Waals surface area (Å²) in [4.78, 5) is 33.1. The summed E-state index contributed by atoms with van der Waals surface area (Å²) in [7, 11) is 0. The van der Waals surface area contributed by atoms with Gasteiger partial charge >= 0.3 is 5.97 Å². The van der Waals surface area contributed by atoms with Crippen LogP contribution in [0.15, 0.2) is 47.1 Å². The summed E-state index contributed by atoms with van der Waals surface area (Å²) < 4.78 is 9.92. The standard InChI is InChI=1S/C15H14N2O6/c18-14(16-11-3-5-12(6-4-11)17(20)21)10-23-15(19)8-7-13-2-1-9-22-13/h1-6,9H,7-8,10H2,(H,16,18). The van der Waals surface area contributed by atoms with Crippen molar-refractivity contribution in [2.24, 2.45) is 0 Å². The van der Waals surface area contributed by atoms with Gasteiger partial charge in [0.1, 0.15) is 5.76 Å². The molecule has 1 N–H and O–H groups in total. The second-order valence-electron chi connectivity index (χ2n) is 4.59. The van der Waals surface area contributed by atoms with E-state index in [-0.39, 0.29) is 12.1 Å². The lowest BCUT2D eigenvalue weighted by Gasteiger charge is -2.06. The largest absolute Gasteiger partial charge is 0.469 e. The van der Waals surface area contributed by atoms with Crippen LogP contribution in [0.1, 0.15) is 12.2 Å². The number of nitro benzene ring substituents is 1. The van der Waals surface area contributed by atoms with Crippen molar-refractivity contribution >= 4 is 23.3 Å². The molecule has 0 aliphatic heterocycles. The van der Waals surface area contributed by atoms with Gasteiger partial charge in [-0.25, -0.2) is 0 Å². The number of nitro groups is 1. The quantitative estimate of drug-likeness (QED) is 0.476. The Morgan fingerprint density at radius 1 is 1.22 bits per heavy atom. The van der Waals surface area contributed by atoms with Gasteiger partial charge in [-0.15, -0.1) is 0 Å². The molecule has 2 rings (SSSR count). The zero-order valence-corrected chi connectivity index (χ0v) is 12.1. The molecular formula is C15H14N2O6. The number of benzene rings is 1. The van der Waals surface area contributed by atoms with Crippen LogP contribution >= 0.6 is 0 Å². The fraction of sp³-hybridized carbons (Fsp3) is 0.200. The third kappa shape index (κ3) is 5.27. The van der Waals surface area contributed by atoms with Crippen LogP contribution in [0.25, 0.3) is 0 Å². The number of furan rings is 1. The predicted octanol–water partition coefficient (Wildman–Crippen LogP) is 2.30. The van der Waals surface area contributed by atoms with Crippen molar-refractivity contribution in [2.45, 2.75) is 12.8 Å². The van der Waals surface area contributed by atoms with E-state index >= 15 is 0 Å². The van der Waals surface area contributed by atoms with Crippen molar-refractivity contribution in [3.63, 3.8) is 0 Å². The lowest BCUT2D eigenvalue weighted by atomic mass is 10.2. The van der Waals surface area contributed by atoms with Crippen LogP contribution in [0.5, 0.6) is 0 Å². The van der Waals surface area contributed by atoms with Gasteiger partial charge in [0.15, 0.2) is 6.61 Å². The van der Waals surface area contributed by atoms with Gasteiger partial charge in [0.2, 0.25) is 0 Å². The van der Waals surface area contributed by atoms with Crippen LogP contribution in [0.3, 0.4) is 0 Å². The number of carbonyl (C=O) groups is 2. The van der Waals surface area contributed by atoms with Crippen molar-refractivity contribution in [1.29, 1.82) is 0 Å². The Morgan fingerprint density at radius 3 is 2.57 bits per heavy atom. The monoisotopic (exact) mass is 318 g/mol. The van der Waals surface area contributed by atoms with Gasteiger partial charge < -0.3 is 14.5 Å². The van der Waals surface area contributed by atoms with Crippen molar-refractivity contribution in [3.8, 4) is 0 Å². The minimum atomic E-state index is -0.535. The molecule has 0 saturated heterocycles. The molecule has 0 fully saturated rings. The van der Waals surface area contributed by atoms with Gasteiger partial charge in [-0.05, 0) is 24.3 Å². The van der Waals surface area contributed by atoms with Crippen LogP contribution in [-0.2, 0) is 20.7 Å². The summed E-state index contributed by atoms with van der Waals surface area (Å²) in [6, 6.07) is 8.80. The number of aryl methyl sites for hydroxylation is 1. The van der Waals surface area contributed by atoms with Crippen LogP contribution < -0.4 is 5.32 Å². The van der Waals surface area contributed by atoms with Crippen LogP contribution in [-0.4, -0.2) is 23.4 Å². The average Bonchev–Trinajstić information content (AvgIpc) is 3.05. The fourth-order valence-electron chi connectivity index (χ4n) is 1.76. The number of nitrogens with one attached hydrogen (secondary N) is 1. The van der Waals surface area contributed by atoms with Gasteiger partial charge in [-0.3, -0.25) is 19.7 Å². The molecule has 0 unspecified atom stereocenters. The summed E-state index contributed by atoms with van der Waals surface area (Å²) in [5, 5.41) is 13.0. The van der Waals surface area contributed by atoms with E-state index in [2.05, 4.69) is 5.32 Å². The maximum atomic E-state index is 11.6. The van der Waals surface area contributed by atoms with Gasteiger partial charge in [-0.2, -0.15) is 0 Å². The van der Waals surface area contributed by atoms with E-state index in [0.29, 0.717) is 17.9 Å². The molecule has 0 spiro atoms.